The Morgan fingerprint density at radius 1 is 1.47 bits per heavy atom. The summed E-state index contributed by atoms with van der Waals surface area (Å²) in [5, 5.41) is 6.96. The zero-order valence-corrected chi connectivity index (χ0v) is 11.3. The highest BCUT2D eigenvalue weighted by Crippen LogP contribution is 2.29. The highest BCUT2D eigenvalue weighted by molar-refractivity contribution is 7.12. The van der Waals surface area contributed by atoms with E-state index in [2.05, 4.69) is 10.6 Å². The van der Waals surface area contributed by atoms with E-state index in [-0.39, 0.29) is 18.4 Å². The van der Waals surface area contributed by atoms with Crippen molar-refractivity contribution in [2.45, 2.75) is 12.0 Å². The van der Waals surface area contributed by atoms with Crippen LogP contribution in [0.3, 0.4) is 0 Å². The minimum Gasteiger partial charge on any atom is -0.335 e. The van der Waals surface area contributed by atoms with Gasteiger partial charge in [0.15, 0.2) is 0 Å². The molecule has 0 radical (unpaired) electrons. The number of rotatable bonds is 1. The van der Waals surface area contributed by atoms with Crippen LogP contribution >= 0.6 is 22.9 Å². The summed E-state index contributed by atoms with van der Waals surface area (Å²) in [5.74, 6) is -0.573. The first-order chi connectivity index (χ1) is 9.02. The van der Waals surface area contributed by atoms with Crippen LogP contribution in [0.2, 0.25) is 5.02 Å². The molecule has 8 heteroatoms. The van der Waals surface area contributed by atoms with Crippen LogP contribution in [0.5, 0.6) is 0 Å². The predicted octanol–water partition coefficient (Wildman–Crippen LogP) is 0.826. The number of hydrogen-bond donors (Lipinski definition) is 2. The first-order valence-electron chi connectivity index (χ1n) is 5.68. The Morgan fingerprint density at radius 2 is 2.26 bits per heavy atom. The van der Waals surface area contributed by atoms with Crippen LogP contribution in [0.15, 0.2) is 11.4 Å². The van der Waals surface area contributed by atoms with Gasteiger partial charge in [0.2, 0.25) is 0 Å². The monoisotopic (exact) mass is 299 g/mol. The van der Waals surface area contributed by atoms with Crippen molar-refractivity contribution < 1.29 is 14.4 Å². The molecule has 1 atom stereocenters. The highest BCUT2D eigenvalue weighted by Gasteiger charge is 2.51. The maximum absolute atomic E-state index is 12.3. The Labute approximate surface area is 117 Å². The third kappa shape index (κ3) is 1.89. The molecule has 3 heterocycles. The van der Waals surface area contributed by atoms with E-state index in [0.717, 1.165) is 0 Å². The molecule has 1 spiro atoms. The van der Waals surface area contributed by atoms with Gasteiger partial charge >= 0.3 is 6.03 Å². The van der Waals surface area contributed by atoms with Gasteiger partial charge in [-0.1, -0.05) is 11.6 Å². The molecular formula is C11H10ClN3O3S. The van der Waals surface area contributed by atoms with E-state index in [1.54, 1.807) is 16.3 Å². The van der Waals surface area contributed by atoms with Crippen LogP contribution in [0.1, 0.15) is 16.1 Å². The molecule has 100 valence electrons. The third-order valence-electron chi connectivity index (χ3n) is 3.38. The Kier molecular flexibility index (Phi) is 2.75. The summed E-state index contributed by atoms with van der Waals surface area (Å²) in [7, 11) is 0. The lowest BCUT2D eigenvalue weighted by Crippen LogP contribution is -2.49. The number of likely N-dealkylation sites (tertiary alicyclic amines) is 1. The number of nitrogens with zero attached hydrogens (tertiary/aromatic N) is 1. The maximum Gasteiger partial charge on any atom is 0.322 e. The van der Waals surface area contributed by atoms with Crippen LogP contribution in [-0.2, 0) is 4.79 Å². The van der Waals surface area contributed by atoms with Crippen molar-refractivity contribution in [1.29, 1.82) is 0 Å². The molecule has 2 N–H and O–H groups in total. The van der Waals surface area contributed by atoms with Gasteiger partial charge in [-0.05, 0) is 17.9 Å². The van der Waals surface area contributed by atoms with Gasteiger partial charge in [-0.3, -0.25) is 14.9 Å². The number of hydrogen-bond acceptors (Lipinski definition) is 4. The average molecular weight is 300 g/mol. The van der Waals surface area contributed by atoms with E-state index in [0.29, 0.717) is 22.9 Å². The Morgan fingerprint density at radius 3 is 2.84 bits per heavy atom. The minimum absolute atomic E-state index is 0.178. The van der Waals surface area contributed by atoms with E-state index < -0.39 is 11.6 Å². The summed E-state index contributed by atoms with van der Waals surface area (Å²) in [6, 6.07) is 1.16. The van der Waals surface area contributed by atoms with E-state index in [4.69, 9.17) is 11.6 Å². The van der Waals surface area contributed by atoms with Crippen molar-refractivity contribution in [3.8, 4) is 0 Å². The normalized spacial score (nSPS) is 25.8. The lowest BCUT2D eigenvalue weighted by Gasteiger charge is -2.20. The lowest BCUT2D eigenvalue weighted by atomic mass is 10.00. The van der Waals surface area contributed by atoms with Gasteiger partial charge < -0.3 is 10.2 Å². The van der Waals surface area contributed by atoms with Crippen LogP contribution in [0.4, 0.5) is 4.79 Å². The molecular weight excluding hydrogens is 290 g/mol. The Bertz CT molecular complexity index is 587. The fraction of sp³-hybridized carbons (Fsp3) is 0.364. The van der Waals surface area contributed by atoms with Crippen LogP contribution < -0.4 is 10.6 Å². The molecule has 0 bridgehead atoms. The van der Waals surface area contributed by atoms with Crippen LogP contribution in [-0.4, -0.2) is 41.4 Å². The van der Waals surface area contributed by atoms with Gasteiger partial charge in [0.25, 0.3) is 11.8 Å². The van der Waals surface area contributed by atoms with E-state index in [1.165, 1.54) is 11.3 Å². The Balaban J connectivity index is 1.80. The number of carbonyl (C=O) groups excluding carboxylic acids is 3. The van der Waals surface area contributed by atoms with Crippen molar-refractivity contribution in [1.82, 2.24) is 15.5 Å². The van der Waals surface area contributed by atoms with Gasteiger partial charge in [-0.2, -0.15) is 0 Å². The first kappa shape index (κ1) is 12.4. The first-order valence-corrected chi connectivity index (χ1v) is 6.93. The molecule has 6 nitrogen and oxygen atoms in total. The molecule has 0 saturated carbocycles. The summed E-state index contributed by atoms with van der Waals surface area (Å²) in [4.78, 5) is 37.3. The van der Waals surface area contributed by atoms with Crippen LogP contribution in [0, 0.1) is 0 Å². The van der Waals surface area contributed by atoms with E-state index in [1.807, 2.05) is 0 Å². The number of halogens is 1. The number of imide groups is 1. The number of thiophene rings is 1. The molecule has 4 amide bonds. The van der Waals surface area contributed by atoms with Gasteiger partial charge in [-0.25, -0.2) is 4.79 Å². The molecule has 19 heavy (non-hydrogen) atoms. The largest absolute Gasteiger partial charge is 0.335 e. The fourth-order valence-corrected chi connectivity index (χ4v) is 3.49. The van der Waals surface area contributed by atoms with Gasteiger partial charge in [0, 0.05) is 6.54 Å². The van der Waals surface area contributed by atoms with Crippen molar-refractivity contribution in [3.63, 3.8) is 0 Å². The summed E-state index contributed by atoms with van der Waals surface area (Å²) in [6.07, 6.45) is 0.416. The SMILES string of the molecule is O=C1NC(=O)C2(CCN(C(=O)c3sccc3Cl)C2)N1. The second kappa shape index (κ2) is 4.21. The average Bonchev–Trinajstić information content (AvgIpc) is 3.01. The second-order valence-electron chi connectivity index (χ2n) is 4.56. The molecule has 1 aromatic heterocycles. The number of nitrogens with one attached hydrogen (secondary N) is 2. The molecule has 2 aliphatic heterocycles. The molecule has 0 aliphatic carbocycles. The number of amides is 4. The molecule has 2 fully saturated rings. The number of carbonyl (C=O) groups is 3. The molecule has 0 aromatic carbocycles. The standard InChI is InChI=1S/C11H10ClN3O3S/c12-6-1-4-19-7(6)8(16)15-3-2-11(5-15)9(17)13-10(18)14-11/h1,4H,2-3,5H2,(H2,13,14,17,18). The molecule has 2 aliphatic rings. The van der Waals surface area contributed by atoms with Gasteiger partial charge in [0.05, 0.1) is 11.6 Å². The van der Waals surface area contributed by atoms with E-state index >= 15 is 0 Å². The summed E-state index contributed by atoms with van der Waals surface area (Å²) in [6.45, 7) is 0.596. The number of urea groups is 1. The van der Waals surface area contributed by atoms with Crippen molar-refractivity contribution in [3.05, 3.63) is 21.3 Å². The van der Waals surface area contributed by atoms with Gasteiger partial charge in [-0.15, -0.1) is 11.3 Å². The topological polar surface area (TPSA) is 78.5 Å². The van der Waals surface area contributed by atoms with Crippen molar-refractivity contribution >= 4 is 40.8 Å². The maximum atomic E-state index is 12.3. The lowest BCUT2D eigenvalue weighted by molar-refractivity contribution is -0.123. The molecule has 2 saturated heterocycles. The molecule has 1 aromatic rings. The van der Waals surface area contributed by atoms with E-state index in [9.17, 15) is 14.4 Å². The molecule has 1 unspecified atom stereocenters. The fourth-order valence-electron chi connectivity index (χ4n) is 2.39. The smallest absolute Gasteiger partial charge is 0.322 e. The zero-order valence-electron chi connectivity index (χ0n) is 9.73. The Hall–Kier alpha value is -1.60. The second-order valence-corrected chi connectivity index (χ2v) is 5.89. The third-order valence-corrected chi connectivity index (χ3v) is 4.71. The summed E-state index contributed by atoms with van der Waals surface area (Å²) < 4.78 is 0. The van der Waals surface area contributed by atoms with Crippen molar-refractivity contribution in [2.75, 3.05) is 13.1 Å². The van der Waals surface area contributed by atoms with Crippen LogP contribution in [0.25, 0.3) is 0 Å². The zero-order chi connectivity index (χ0) is 13.6. The minimum atomic E-state index is -0.976. The predicted molar refractivity (Wildman–Crippen MR) is 69.3 cm³/mol. The summed E-state index contributed by atoms with van der Waals surface area (Å²) >= 11 is 7.20. The van der Waals surface area contributed by atoms with Crippen molar-refractivity contribution in [2.24, 2.45) is 0 Å². The highest BCUT2D eigenvalue weighted by atomic mass is 35.5. The molecule has 3 rings (SSSR count). The quantitative estimate of drug-likeness (QED) is 0.754. The summed E-state index contributed by atoms with van der Waals surface area (Å²) in [5.41, 5.74) is -0.976. The van der Waals surface area contributed by atoms with Gasteiger partial charge in [0.1, 0.15) is 10.4 Å².